The van der Waals surface area contributed by atoms with Crippen molar-refractivity contribution in [1.82, 2.24) is 0 Å². The summed E-state index contributed by atoms with van der Waals surface area (Å²) in [5.74, 6) is 0. The number of hydrogen-bond acceptors (Lipinski definition) is 9. The van der Waals surface area contributed by atoms with E-state index in [9.17, 15) is 41.6 Å². The molecule has 0 fully saturated rings. The molecular formula is C12H6Cl3KN2O9S2. The van der Waals surface area contributed by atoms with Gasteiger partial charge in [-0.1, -0.05) is 23.2 Å². The molecule has 0 bridgehead atoms. The predicted molar refractivity (Wildman–Crippen MR) is 97.2 cm³/mol. The van der Waals surface area contributed by atoms with Crippen LogP contribution >= 0.6 is 33.9 Å². The van der Waals surface area contributed by atoms with Crippen LogP contribution in [0.4, 0.5) is 11.4 Å². The second-order valence-corrected chi connectivity index (χ2v) is 9.39. The minimum Gasteiger partial charge on any atom is -0.744 e. The fraction of sp³-hybridized carbons (Fsp3) is 0. The molecular weight excluding hydrogens is 526 g/mol. The molecule has 2 aromatic carbocycles. The summed E-state index contributed by atoms with van der Waals surface area (Å²) in [6, 6.07) is 5.55. The zero-order valence-electron chi connectivity index (χ0n) is 14.0. The summed E-state index contributed by atoms with van der Waals surface area (Å²) in [4.78, 5) is 18.0. The SMILES string of the molecule is O=[N+]([O-])c1cc(S(=O)(=O)Cl)ccc1Cl.O=[N+]([O-])c1cc(S(=O)(=O)[O-])ccc1Cl.[K+]. The molecule has 0 aromatic heterocycles. The number of hydrogen-bond donors (Lipinski definition) is 0. The monoisotopic (exact) mass is 530 g/mol. The fourth-order valence-corrected chi connectivity index (χ4v) is 3.21. The molecule has 0 aliphatic rings. The number of halogens is 3. The van der Waals surface area contributed by atoms with Gasteiger partial charge in [0.2, 0.25) is 0 Å². The predicted octanol–water partition coefficient (Wildman–Crippen LogP) is 0.332. The Bertz CT molecular complexity index is 1070. The summed E-state index contributed by atoms with van der Waals surface area (Å²) in [6.07, 6.45) is 0. The number of benzene rings is 2. The van der Waals surface area contributed by atoms with Crippen molar-refractivity contribution >= 4 is 64.4 Å². The van der Waals surface area contributed by atoms with Crippen molar-refractivity contribution in [2.24, 2.45) is 0 Å². The maximum atomic E-state index is 10.8. The molecule has 0 N–H and O–H groups in total. The molecule has 29 heavy (non-hydrogen) atoms. The summed E-state index contributed by atoms with van der Waals surface area (Å²) in [5, 5.41) is 20.3. The molecule has 2 aromatic rings. The second-order valence-electron chi connectivity index (χ2n) is 4.63. The third-order valence-electron chi connectivity index (χ3n) is 2.80. The molecule has 152 valence electrons. The van der Waals surface area contributed by atoms with Crippen LogP contribution in [-0.2, 0) is 19.2 Å². The van der Waals surface area contributed by atoms with Crippen LogP contribution in [-0.4, -0.2) is 31.2 Å². The van der Waals surface area contributed by atoms with Gasteiger partial charge in [0.1, 0.15) is 20.2 Å². The van der Waals surface area contributed by atoms with Crippen molar-refractivity contribution in [2.75, 3.05) is 0 Å². The van der Waals surface area contributed by atoms with Crippen LogP contribution in [0.15, 0.2) is 46.2 Å². The van der Waals surface area contributed by atoms with E-state index in [0.717, 1.165) is 30.3 Å². The van der Waals surface area contributed by atoms with Gasteiger partial charge >= 0.3 is 51.4 Å². The molecule has 0 saturated heterocycles. The molecule has 17 heteroatoms. The summed E-state index contributed by atoms with van der Waals surface area (Å²) >= 11 is 10.9. The number of rotatable bonds is 4. The maximum absolute atomic E-state index is 10.8. The second kappa shape index (κ2) is 11.3. The van der Waals surface area contributed by atoms with Gasteiger partial charge in [-0.15, -0.1) is 0 Å². The van der Waals surface area contributed by atoms with Gasteiger partial charge in [-0.05, 0) is 24.3 Å². The Hall–Kier alpha value is -0.394. The van der Waals surface area contributed by atoms with E-state index in [4.69, 9.17) is 33.9 Å². The Kier molecular flexibility index (Phi) is 11.1. The normalized spacial score (nSPS) is 10.9. The Labute approximate surface area is 220 Å². The standard InChI is InChI=1S/C6H3Cl2NO4S.C6H4ClNO5S.K/c7-5-2-1-4(14(8,12)13)3-6(5)9(10)11;7-5-2-1-4(14(11,12)13)3-6(5)8(9)10;/h1-3H;1-3H,(H,11,12,13);/q;;+1/p-1. The van der Waals surface area contributed by atoms with Crippen LogP contribution in [0.3, 0.4) is 0 Å². The summed E-state index contributed by atoms with van der Waals surface area (Å²) < 4.78 is 53.1. The van der Waals surface area contributed by atoms with E-state index >= 15 is 0 Å². The van der Waals surface area contributed by atoms with E-state index in [0.29, 0.717) is 6.07 Å². The summed E-state index contributed by atoms with van der Waals surface area (Å²) in [5.41, 5.74) is -1.10. The molecule has 2 rings (SSSR count). The smallest absolute Gasteiger partial charge is 0.744 e. The average molecular weight is 532 g/mol. The minimum atomic E-state index is -4.69. The quantitative estimate of drug-likeness (QED) is 0.177. The van der Waals surface area contributed by atoms with Crippen LogP contribution in [0.1, 0.15) is 0 Å². The van der Waals surface area contributed by atoms with Gasteiger partial charge in [0.25, 0.3) is 20.4 Å². The van der Waals surface area contributed by atoms with Gasteiger partial charge in [0.15, 0.2) is 0 Å². The molecule has 0 atom stereocenters. The third kappa shape index (κ3) is 8.70. The van der Waals surface area contributed by atoms with Crippen LogP contribution < -0.4 is 51.4 Å². The van der Waals surface area contributed by atoms with Gasteiger partial charge in [0, 0.05) is 22.8 Å². The molecule has 0 saturated carbocycles. The Morgan fingerprint density at radius 1 is 0.759 bits per heavy atom. The number of nitro groups is 2. The molecule has 0 radical (unpaired) electrons. The molecule has 0 aliphatic heterocycles. The Balaban J connectivity index is 0.000000523. The van der Waals surface area contributed by atoms with Crippen molar-refractivity contribution in [2.45, 2.75) is 9.79 Å². The first-order valence-electron chi connectivity index (χ1n) is 6.43. The largest absolute Gasteiger partial charge is 1.00 e. The molecule has 0 amide bonds. The van der Waals surface area contributed by atoms with E-state index < -0.39 is 45.3 Å². The Morgan fingerprint density at radius 2 is 1.10 bits per heavy atom. The number of nitro benzene ring substituents is 2. The maximum Gasteiger partial charge on any atom is 1.00 e. The van der Waals surface area contributed by atoms with Crippen LogP contribution in [0, 0.1) is 20.2 Å². The van der Waals surface area contributed by atoms with Crippen molar-refractivity contribution < 1.29 is 82.6 Å². The van der Waals surface area contributed by atoms with Crippen LogP contribution in [0.25, 0.3) is 0 Å². The molecule has 0 aliphatic carbocycles. The van der Waals surface area contributed by atoms with Crippen molar-refractivity contribution in [3.8, 4) is 0 Å². The molecule has 0 unspecified atom stereocenters. The van der Waals surface area contributed by atoms with E-state index in [1.165, 1.54) is 0 Å². The zero-order chi connectivity index (χ0) is 21.9. The first kappa shape index (κ1) is 28.6. The van der Waals surface area contributed by atoms with E-state index in [-0.39, 0.29) is 66.3 Å². The zero-order valence-corrected chi connectivity index (χ0v) is 21.0. The first-order chi connectivity index (χ1) is 12.6. The van der Waals surface area contributed by atoms with Gasteiger partial charge in [-0.3, -0.25) is 20.2 Å². The van der Waals surface area contributed by atoms with Gasteiger partial charge in [-0.2, -0.15) is 0 Å². The molecule has 0 spiro atoms. The summed E-state index contributed by atoms with van der Waals surface area (Å²) in [6.45, 7) is 0. The fourth-order valence-electron chi connectivity index (χ4n) is 1.57. The topological polar surface area (TPSA) is 178 Å². The van der Waals surface area contributed by atoms with Crippen molar-refractivity contribution in [1.29, 1.82) is 0 Å². The van der Waals surface area contributed by atoms with Crippen molar-refractivity contribution in [3.63, 3.8) is 0 Å². The van der Waals surface area contributed by atoms with E-state index in [1.807, 2.05) is 0 Å². The van der Waals surface area contributed by atoms with Crippen LogP contribution in [0.5, 0.6) is 0 Å². The number of nitrogens with zero attached hydrogens (tertiary/aromatic N) is 2. The van der Waals surface area contributed by atoms with E-state index in [2.05, 4.69) is 0 Å². The minimum absolute atomic E-state index is 0. The van der Waals surface area contributed by atoms with Gasteiger partial charge in [0.05, 0.1) is 19.6 Å². The third-order valence-corrected chi connectivity index (χ3v) is 5.62. The van der Waals surface area contributed by atoms with Crippen molar-refractivity contribution in [3.05, 3.63) is 66.7 Å². The average Bonchev–Trinajstić information content (AvgIpc) is 2.53. The van der Waals surface area contributed by atoms with Crippen LogP contribution in [0.2, 0.25) is 10.0 Å². The Morgan fingerprint density at radius 3 is 1.41 bits per heavy atom. The van der Waals surface area contributed by atoms with Gasteiger partial charge in [-0.25, -0.2) is 16.8 Å². The van der Waals surface area contributed by atoms with E-state index in [1.54, 1.807) is 0 Å². The molecule has 0 heterocycles. The first-order valence-corrected chi connectivity index (χ1v) is 10.9. The molecule has 11 nitrogen and oxygen atoms in total. The summed E-state index contributed by atoms with van der Waals surface area (Å²) in [7, 11) is -3.66. The van der Waals surface area contributed by atoms with Gasteiger partial charge < -0.3 is 4.55 Å².